The van der Waals surface area contributed by atoms with E-state index >= 15 is 0 Å². The molecule has 1 saturated heterocycles. The molecule has 106 valence electrons. The maximum absolute atomic E-state index is 13.4. The molecule has 1 fully saturated rings. The van der Waals surface area contributed by atoms with Gasteiger partial charge in [0.2, 0.25) is 0 Å². The fraction of sp³-hybridized carbons (Fsp3) is 0.462. The first-order chi connectivity index (χ1) is 8.66. The second-order valence-electron chi connectivity index (χ2n) is 4.53. The topological polar surface area (TPSA) is 41.1 Å². The summed E-state index contributed by atoms with van der Waals surface area (Å²) in [7, 11) is 0. The molecular weight excluding hydrogens is 290 g/mol. The Bertz CT molecular complexity index is 437. The number of nitrogens with one attached hydrogen (secondary N) is 2. The molecule has 2 N–H and O–H groups in total. The van der Waals surface area contributed by atoms with Gasteiger partial charge in [-0.05, 0) is 50.0 Å². The SMILES string of the molecule is Cl.O=C(NCCC1CCNC1)c1cc(Cl)ccc1F. The van der Waals surface area contributed by atoms with Gasteiger partial charge < -0.3 is 10.6 Å². The molecule has 1 unspecified atom stereocenters. The molecule has 0 saturated carbocycles. The Balaban J connectivity index is 0.00000180. The lowest BCUT2D eigenvalue weighted by atomic mass is 10.1. The smallest absolute Gasteiger partial charge is 0.254 e. The number of rotatable bonds is 4. The first-order valence-electron chi connectivity index (χ1n) is 6.11. The van der Waals surface area contributed by atoms with Gasteiger partial charge in [0, 0.05) is 11.6 Å². The van der Waals surface area contributed by atoms with Gasteiger partial charge in [-0.3, -0.25) is 4.79 Å². The van der Waals surface area contributed by atoms with Gasteiger partial charge in [0.15, 0.2) is 0 Å². The summed E-state index contributed by atoms with van der Waals surface area (Å²) in [4.78, 5) is 11.8. The van der Waals surface area contributed by atoms with Crippen molar-refractivity contribution in [1.82, 2.24) is 10.6 Å². The Labute approximate surface area is 123 Å². The number of hydrogen-bond donors (Lipinski definition) is 2. The van der Waals surface area contributed by atoms with Crippen molar-refractivity contribution in [3.8, 4) is 0 Å². The van der Waals surface area contributed by atoms with Gasteiger partial charge in [0.05, 0.1) is 5.56 Å². The number of carbonyl (C=O) groups is 1. The van der Waals surface area contributed by atoms with E-state index in [0.717, 1.165) is 25.9 Å². The molecule has 1 aliphatic heterocycles. The van der Waals surface area contributed by atoms with Gasteiger partial charge in [0.1, 0.15) is 5.82 Å². The third-order valence-corrected chi connectivity index (χ3v) is 3.41. The highest BCUT2D eigenvalue weighted by atomic mass is 35.5. The average molecular weight is 307 g/mol. The number of benzene rings is 1. The molecule has 0 aromatic heterocycles. The van der Waals surface area contributed by atoms with Crippen LogP contribution in [0.2, 0.25) is 5.02 Å². The Hall–Kier alpha value is -0.840. The van der Waals surface area contributed by atoms with Crippen LogP contribution in [0.3, 0.4) is 0 Å². The summed E-state index contributed by atoms with van der Waals surface area (Å²) in [6.07, 6.45) is 2.06. The van der Waals surface area contributed by atoms with E-state index in [4.69, 9.17) is 11.6 Å². The minimum Gasteiger partial charge on any atom is -0.352 e. The lowest BCUT2D eigenvalue weighted by Crippen LogP contribution is -2.27. The van der Waals surface area contributed by atoms with Crippen molar-refractivity contribution >= 4 is 29.9 Å². The molecule has 3 nitrogen and oxygen atoms in total. The van der Waals surface area contributed by atoms with Crippen molar-refractivity contribution in [2.45, 2.75) is 12.8 Å². The zero-order valence-electron chi connectivity index (χ0n) is 10.4. The highest BCUT2D eigenvalue weighted by Gasteiger charge is 2.15. The van der Waals surface area contributed by atoms with Crippen molar-refractivity contribution in [3.05, 3.63) is 34.6 Å². The number of carbonyl (C=O) groups excluding carboxylic acids is 1. The molecule has 19 heavy (non-hydrogen) atoms. The van der Waals surface area contributed by atoms with Crippen LogP contribution in [-0.4, -0.2) is 25.5 Å². The summed E-state index contributed by atoms with van der Waals surface area (Å²) in [5.41, 5.74) is 0.00652. The molecule has 2 rings (SSSR count). The van der Waals surface area contributed by atoms with E-state index < -0.39 is 11.7 Å². The third-order valence-electron chi connectivity index (χ3n) is 3.17. The van der Waals surface area contributed by atoms with Crippen LogP contribution in [0.25, 0.3) is 0 Å². The summed E-state index contributed by atoms with van der Waals surface area (Å²) < 4.78 is 13.4. The fourth-order valence-electron chi connectivity index (χ4n) is 2.12. The normalized spacial score (nSPS) is 17.9. The monoisotopic (exact) mass is 306 g/mol. The second-order valence-corrected chi connectivity index (χ2v) is 4.96. The van der Waals surface area contributed by atoms with Crippen molar-refractivity contribution in [3.63, 3.8) is 0 Å². The molecule has 0 spiro atoms. The maximum atomic E-state index is 13.4. The highest BCUT2D eigenvalue weighted by Crippen LogP contribution is 2.15. The zero-order valence-corrected chi connectivity index (χ0v) is 12.0. The van der Waals surface area contributed by atoms with Gasteiger partial charge in [-0.1, -0.05) is 11.6 Å². The maximum Gasteiger partial charge on any atom is 0.254 e. The molecule has 1 aliphatic rings. The molecule has 0 bridgehead atoms. The standard InChI is InChI=1S/C13H16ClFN2O.ClH/c14-10-1-2-12(15)11(7-10)13(18)17-6-4-9-3-5-16-8-9;/h1-2,7,9,16H,3-6,8H2,(H,17,18);1H. The zero-order chi connectivity index (χ0) is 13.0. The molecule has 1 heterocycles. The summed E-state index contributed by atoms with van der Waals surface area (Å²) in [5.74, 6) is -0.338. The van der Waals surface area contributed by atoms with Crippen molar-refractivity contribution < 1.29 is 9.18 Å². The van der Waals surface area contributed by atoms with E-state index in [-0.39, 0.29) is 18.0 Å². The van der Waals surface area contributed by atoms with Crippen LogP contribution in [0.4, 0.5) is 4.39 Å². The predicted molar refractivity (Wildman–Crippen MR) is 76.6 cm³/mol. The number of amides is 1. The van der Waals surface area contributed by atoms with Crippen LogP contribution in [-0.2, 0) is 0 Å². The quantitative estimate of drug-likeness (QED) is 0.898. The predicted octanol–water partition coefficient (Wildman–Crippen LogP) is 2.63. The summed E-state index contributed by atoms with van der Waals surface area (Å²) in [6, 6.07) is 3.99. The molecule has 0 radical (unpaired) electrons. The van der Waals surface area contributed by atoms with E-state index in [1.807, 2.05) is 0 Å². The molecular formula is C13H17Cl2FN2O. The second kappa shape index (κ2) is 7.68. The van der Waals surface area contributed by atoms with Crippen LogP contribution in [0, 0.1) is 11.7 Å². The fourth-order valence-corrected chi connectivity index (χ4v) is 2.29. The minimum atomic E-state index is -0.542. The molecule has 1 amide bonds. The summed E-state index contributed by atoms with van der Waals surface area (Å²) in [5, 5.41) is 6.36. The first-order valence-corrected chi connectivity index (χ1v) is 6.48. The van der Waals surface area contributed by atoms with Crippen LogP contribution < -0.4 is 10.6 Å². The van der Waals surface area contributed by atoms with E-state index in [1.54, 1.807) is 0 Å². The minimum absolute atomic E-state index is 0. The van der Waals surface area contributed by atoms with Gasteiger partial charge >= 0.3 is 0 Å². The Morgan fingerprint density at radius 1 is 1.53 bits per heavy atom. The summed E-state index contributed by atoms with van der Waals surface area (Å²) in [6.45, 7) is 2.61. The number of halogens is 3. The Morgan fingerprint density at radius 2 is 2.32 bits per heavy atom. The van der Waals surface area contributed by atoms with E-state index in [0.29, 0.717) is 17.5 Å². The van der Waals surface area contributed by atoms with E-state index in [1.165, 1.54) is 18.2 Å². The first kappa shape index (κ1) is 16.2. The summed E-state index contributed by atoms with van der Waals surface area (Å²) >= 11 is 5.74. The van der Waals surface area contributed by atoms with Crippen LogP contribution in [0.15, 0.2) is 18.2 Å². The highest BCUT2D eigenvalue weighted by molar-refractivity contribution is 6.30. The molecule has 1 aromatic rings. The van der Waals surface area contributed by atoms with E-state index in [9.17, 15) is 9.18 Å². The Kier molecular flexibility index (Phi) is 6.55. The van der Waals surface area contributed by atoms with E-state index in [2.05, 4.69) is 10.6 Å². The van der Waals surface area contributed by atoms with Crippen molar-refractivity contribution in [2.24, 2.45) is 5.92 Å². The van der Waals surface area contributed by atoms with Gasteiger partial charge in [-0.25, -0.2) is 4.39 Å². The lowest BCUT2D eigenvalue weighted by molar-refractivity contribution is 0.0947. The molecule has 1 atom stereocenters. The van der Waals surface area contributed by atoms with Gasteiger partial charge in [-0.15, -0.1) is 12.4 Å². The van der Waals surface area contributed by atoms with Crippen LogP contribution in [0.1, 0.15) is 23.2 Å². The number of hydrogen-bond acceptors (Lipinski definition) is 2. The lowest BCUT2D eigenvalue weighted by Gasteiger charge is -2.10. The third kappa shape index (κ3) is 4.64. The molecule has 0 aliphatic carbocycles. The molecule has 6 heteroatoms. The largest absolute Gasteiger partial charge is 0.352 e. The van der Waals surface area contributed by atoms with Gasteiger partial charge in [-0.2, -0.15) is 0 Å². The van der Waals surface area contributed by atoms with Gasteiger partial charge in [0.25, 0.3) is 5.91 Å². The Morgan fingerprint density at radius 3 is 3.00 bits per heavy atom. The van der Waals surface area contributed by atoms with Crippen molar-refractivity contribution in [2.75, 3.05) is 19.6 Å². The van der Waals surface area contributed by atoms with Crippen LogP contribution >= 0.6 is 24.0 Å². The average Bonchev–Trinajstić information content (AvgIpc) is 2.85. The van der Waals surface area contributed by atoms with Crippen LogP contribution in [0.5, 0.6) is 0 Å². The molecule has 1 aromatic carbocycles. The van der Waals surface area contributed by atoms with Crippen molar-refractivity contribution in [1.29, 1.82) is 0 Å².